The van der Waals surface area contributed by atoms with Crippen LogP contribution >= 0.6 is 0 Å². The van der Waals surface area contributed by atoms with Crippen LogP contribution in [0.15, 0.2) is 24.3 Å². The number of benzene rings is 1. The standard InChI is InChI=1S/C12H15NO2/c1-3-10-5-4-6-11(8-10)13-12(15)7-9(2)14/h4-6,8H,3,7H2,1-2H3,(H,13,15). The summed E-state index contributed by atoms with van der Waals surface area (Å²) in [6.45, 7) is 3.46. The fourth-order valence-electron chi connectivity index (χ4n) is 1.30. The zero-order chi connectivity index (χ0) is 11.3. The SMILES string of the molecule is CCc1cccc(NC(=O)CC(C)=O)c1. The minimum atomic E-state index is -0.254. The number of amides is 1. The number of Topliss-reactive ketones (excluding diaryl/α,β-unsaturated/α-hetero) is 1. The van der Waals surface area contributed by atoms with Crippen LogP contribution in [0, 0.1) is 0 Å². The van der Waals surface area contributed by atoms with E-state index in [1.54, 1.807) is 0 Å². The Kier molecular flexibility index (Phi) is 4.03. The van der Waals surface area contributed by atoms with Crippen LogP contribution in [0.25, 0.3) is 0 Å². The van der Waals surface area contributed by atoms with E-state index in [1.165, 1.54) is 6.92 Å². The van der Waals surface area contributed by atoms with Gasteiger partial charge in [-0.25, -0.2) is 0 Å². The van der Waals surface area contributed by atoms with Crippen LogP contribution in [0.3, 0.4) is 0 Å². The predicted molar refractivity (Wildman–Crippen MR) is 59.7 cm³/mol. The smallest absolute Gasteiger partial charge is 0.231 e. The number of carbonyl (C=O) groups is 2. The summed E-state index contributed by atoms with van der Waals surface area (Å²) in [5.41, 5.74) is 1.91. The van der Waals surface area contributed by atoms with Crippen LogP contribution in [-0.2, 0) is 16.0 Å². The van der Waals surface area contributed by atoms with Crippen molar-refractivity contribution in [1.82, 2.24) is 0 Å². The van der Waals surface area contributed by atoms with Gasteiger partial charge in [-0.05, 0) is 31.0 Å². The number of aryl methyl sites for hydroxylation is 1. The van der Waals surface area contributed by atoms with Crippen molar-refractivity contribution >= 4 is 17.4 Å². The van der Waals surface area contributed by atoms with E-state index in [4.69, 9.17) is 0 Å². The van der Waals surface area contributed by atoms with Crippen LogP contribution < -0.4 is 5.32 Å². The summed E-state index contributed by atoms with van der Waals surface area (Å²) < 4.78 is 0. The van der Waals surface area contributed by atoms with Crippen molar-refractivity contribution in [3.63, 3.8) is 0 Å². The third kappa shape index (κ3) is 3.94. The number of hydrogen-bond donors (Lipinski definition) is 1. The molecule has 80 valence electrons. The summed E-state index contributed by atoms with van der Waals surface area (Å²) in [7, 11) is 0. The number of hydrogen-bond acceptors (Lipinski definition) is 2. The molecule has 0 atom stereocenters. The maximum absolute atomic E-state index is 11.3. The summed E-state index contributed by atoms with van der Waals surface area (Å²) in [5.74, 6) is -0.380. The van der Waals surface area contributed by atoms with Crippen LogP contribution in [0.4, 0.5) is 5.69 Å². The van der Waals surface area contributed by atoms with Gasteiger partial charge in [0.15, 0.2) is 0 Å². The Hall–Kier alpha value is -1.64. The Morgan fingerprint density at radius 1 is 1.33 bits per heavy atom. The monoisotopic (exact) mass is 205 g/mol. The zero-order valence-electron chi connectivity index (χ0n) is 9.04. The van der Waals surface area contributed by atoms with Gasteiger partial charge in [-0.3, -0.25) is 9.59 Å². The fraction of sp³-hybridized carbons (Fsp3) is 0.333. The van der Waals surface area contributed by atoms with Gasteiger partial charge < -0.3 is 5.32 Å². The van der Waals surface area contributed by atoms with Crippen LogP contribution in [-0.4, -0.2) is 11.7 Å². The van der Waals surface area contributed by atoms with Crippen molar-refractivity contribution in [3.8, 4) is 0 Å². The topological polar surface area (TPSA) is 46.2 Å². The van der Waals surface area contributed by atoms with E-state index < -0.39 is 0 Å². The molecule has 0 aliphatic heterocycles. The van der Waals surface area contributed by atoms with Gasteiger partial charge in [-0.2, -0.15) is 0 Å². The van der Waals surface area contributed by atoms with Crippen molar-refractivity contribution in [3.05, 3.63) is 29.8 Å². The Morgan fingerprint density at radius 3 is 2.67 bits per heavy atom. The lowest BCUT2D eigenvalue weighted by Gasteiger charge is -2.05. The minimum absolute atomic E-state index is 0.0592. The first kappa shape index (κ1) is 11.4. The maximum atomic E-state index is 11.3. The summed E-state index contributed by atoms with van der Waals surface area (Å²) >= 11 is 0. The largest absolute Gasteiger partial charge is 0.326 e. The van der Waals surface area contributed by atoms with Gasteiger partial charge in [0, 0.05) is 5.69 Å². The molecule has 0 saturated heterocycles. The second kappa shape index (κ2) is 5.29. The van der Waals surface area contributed by atoms with Gasteiger partial charge in [0.25, 0.3) is 0 Å². The highest BCUT2D eigenvalue weighted by molar-refractivity contribution is 6.03. The van der Waals surface area contributed by atoms with E-state index in [0.717, 1.165) is 17.7 Å². The summed E-state index contributed by atoms with van der Waals surface area (Å²) in [5, 5.41) is 2.69. The van der Waals surface area contributed by atoms with Crippen molar-refractivity contribution < 1.29 is 9.59 Å². The van der Waals surface area contributed by atoms with Crippen LogP contribution in [0.2, 0.25) is 0 Å². The maximum Gasteiger partial charge on any atom is 0.231 e. The van der Waals surface area contributed by atoms with Crippen molar-refractivity contribution in [2.24, 2.45) is 0 Å². The first-order chi connectivity index (χ1) is 7.11. The van der Waals surface area contributed by atoms with Crippen LogP contribution in [0.5, 0.6) is 0 Å². The van der Waals surface area contributed by atoms with E-state index in [9.17, 15) is 9.59 Å². The molecule has 0 saturated carbocycles. The number of ketones is 1. The molecule has 1 N–H and O–H groups in total. The van der Waals surface area contributed by atoms with Gasteiger partial charge in [0.05, 0.1) is 6.42 Å². The molecule has 3 heteroatoms. The molecule has 0 unspecified atom stereocenters. The molecule has 0 aliphatic carbocycles. The lowest BCUT2D eigenvalue weighted by atomic mass is 10.1. The molecule has 0 heterocycles. The molecule has 15 heavy (non-hydrogen) atoms. The second-order valence-corrected chi connectivity index (χ2v) is 3.48. The summed E-state index contributed by atoms with van der Waals surface area (Å²) in [6.07, 6.45) is 0.868. The van der Waals surface area contributed by atoms with Gasteiger partial charge >= 0.3 is 0 Å². The third-order valence-electron chi connectivity index (χ3n) is 2.03. The highest BCUT2D eigenvalue weighted by atomic mass is 16.2. The van der Waals surface area contributed by atoms with Crippen molar-refractivity contribution in [1.29, 1.82) is 0 Å². The molecule has 0 fully saturated rings. The molecule has 3 nitrogen and oxygen atoms in total. The lowest BCUT2D eigenvalue weighted by molar-refractivity contribution is -0.124. The Labute approximate surface area is 89.5 Å². The molecular formula is C12H15NO2. The Balaban J connectivity index is 2.63. The highest BCUT2D eigenvalue weighted by Crippen LogP contribution is 2.11. The molecule has 0 aliphatic rings. The second-order valence-electron chi connectivity index (χ2n) is 3.48. The van der Waals surface area contributed by atoms with Gasteiger partial charge in [-0.15, -0.1) is 0 Å². The summed E-state index contributed by atoms with van der Waals surface area (Å²) in [6, 6.07) is 7.62. The minimum Gasteiger partial charge on any atom is -0.326 e. The number of carbonyl (C=O) groups excluding carboxylic acids is 2. The summed E-state index contributed by atoms with van der Waals surface area (Å²) in [4.78, 5) is 22.0. The normalized spacial score (nSPS) is 9.73. The van der Waals surface area contributed by atoms with Crippen LogP contribution in [0.1, 0.15) is 25.8 Å². The number of nitrogens with one attached hydrogen (secondary N) is 1. The van der Waals surface area contributed by atoms with Gasteiger partial charge in [-0.1, -0.05) is 19.1 Å². The van der Waals surface area contributed by atoms with E-state index in [2.05, 4.69) is 12.2 Å². The molecule has 0 spiro atoms. The number of anilines is 1. The average molecular weight is 205 g/mol. The molecule has 1 aromatic rings. The van der Waals surface area contributed by atoms with E-state index >= 15 is 0 Å². The van der Waals surface area contributed by atoms with E-state index in [-0.39, 0.29) is 18.1 Å². The molecule has 1 amide bonds. The zero-order valence-corrected chi connectivity index (χ0v) is 9.04. The molecular weight excluding hydrogens is 190 g/mol. The highest BCUT2D eigenvalue weighted by Gasteiger charge is 2.05. The molecule has 0 radical (unpaired) electrons. The molecule has 0 aromatic heterocycles. The molecule has 1 rings (SSSR count). The quantitative estimate of drug-likeness (QED) is 0.766. The van der Waals surface area contributed by atoms with Crippen molar-refractivity contribution in [2.45, 2.75) is 26.7 Å². The van der Waals surface area contributed by atoms with Gasteiger partial charge in [0.1, 0.15) is 5.78 Å². The Bertz CT molecular complexity index is 372. The van der Waals surface area contributed by atoms with Crippen molar-refractivity contribution in [2.75, 3.05) is 5.32 Å². The lowest BCUT2D eigenvalue weighted by Crippen LogP contribution is -2.14. The first-order valence-corrected chi connectivity index (χ1v) is 5.00. The van der Waals surface area contributed by atoms with Gasteiger partial charge in [0.2, 0.25) is 5.91 Å². The van der Waals surface area contributed by atoms with E-state index in [1.807, 2.05) is 24.3 Å². The average Bonchev–Trinajstić information content (AvgIpc) is 2.16. The third-order valence-corrected chi connectivity index (χ3v) is 2.03. The van der Waals surface area contributed by atoms with E-state index in [0.29, 0.717) is 0 Å². The fourth-order valence-corrected chi connectivity index (χ4v) is 1.30. The Morgan fingerprint density at radius 2 is 2.07 bits per heavy atom. The number of rotatable bonds is 4. The predicted octanol–water partition coefficient (Wildman–Crippen LogP) is 2.17. The molecule has 1 aromatic carbocycles. The first-order valence-electron chi connectivity index (χ1n) is 5.00. The molecule has 0 bridgehead atoms.